The van der Waals surface area contributed by atoms with Gasteiger partial charge in [0.1, 0.15) is 5.60 Å². The van der Waals surface area contributed by atoms with Gasteiger partial charge in [-0.25, -0.2) is 0 Å². The zero-order chi connectivity index (χ0) is 22.0. The first-order valence-electron chi connectivity index (χ1n) is 11.5. The van der Waals surface area contributed by atoms with Crippen LogP contribution >= 0.6 is 0 Å². The first-order valence-corrected chi connectivity index (χ1v) is 13.3. The summed E-state index contributed by atoms with van der Waals surface area (Å²) in [6.45, 7) is 4.39. The molecule has 0 N–H and O–H groups in total. The normalized spacial score (nSPS) is 52.2. The fourth-order valence-electron chi connectivity index (χ4n) is 8.76. The van der Waals surface area contributed by atoms with Crippen molar-refractivity contribution < 1.29 is 26.9 Å². The molecule has 0 aromatic heterocycles. The van der Waals surface area contributed by atoms with E-state index in [9.17, 15) is 18.0 Å². The van der Waals surface area contributed by atoms with Gasteiger partial charge in [0.25, 0.3) is 10.1 Å². The molecule has 0 bridgehead atoms. The highest BCUT2D eigenvalue weighted by molar-refractivity contribution is 7.86. The van der Waals surface area contributed by atoms with Crippen LogP contribution in [0.5, 0.6) is 0 Å². The molecule has 3 saturated carbocycles. The van der Waals surface area contributed by atoms with Crippen LogP contribution in [0.15, 0.2) is 23.8 Å². The van der Waals surface area contributed by atoms with E-state index < -0.39 is 21.8 Å². The van der Waals surface area contributed by atoms with Crippen LogP contribution in [0.25, 0.3) is 0 Å². The lowest BCUT2D eigenvalue weighted by Crippen LogP contribution is -2.61. The number of carbonyl (C=O) groups excluding carboxylic acids is 2. The summed E-state index contributed by atoms with van der Waals surface area (Å²) in [7, 11) is -3.67. The minimum atomic E-state index is -3.67. The Morgan fingerprint density at radius 3 is 2.58 bits per heavy atom. The maximum atomic E-state index is 12.3. The van der Waals surface area contributed by atoms with Gasteiger partial charge in [0.05, 0.1) is 12.4 Å². The molecule has 168 valence electrons. The summed E-state index contributed by atoms with van der Waals surface area (Å²) in [6, 6.07) is 0. The first kappa shape index (κ1) is 20.2. The Kier molecular flexibility index (Phi) is 3.84. The molecule has 1 aliphatic heterocycles. The Morgan fingerprint density at radius 1 is 1.13 bits per heavy atom. The SMILES string of the molecule is C[C@]12CCC(=O)C=C1C=CC1C2[C@H](OS(C)(=O)=O)C[C@@]2(C)C1[C@@H]1C[C@@H]1[C@@]21CCC(=O)O1. The monoisotopic (exact) mass is 446 g/mol. The molecule has 0 aromatic carbocycles. The first-order chi connectivity index (χ1) is 14.5. The van der Waals surface area contributed by atoms with Gasteiger partial charge >= 0.3 is 5.97 Å². The van der Waals surface area contributed by atoms with Gasteiger partial charge in [-0.05, 0) is 60.5 Å². The third kappa shape index (κ3) is 2.51. The third-order valence-corrected chi connectivity index (χ3v) is 10.4. The molecule has 1 heterocycles. The van der Waals surface area contributed by atoms with Crippen molar-refractivity contribution in [1.82, 2.24) is 0 Å². The lowest BCUT2D eigenvalue weighted by molar-refractivity contribution is -0.184. The topological polar surface area (TPSA) is 86.7 Å². The highest BCUT2D eigenvalue weighted by Gasteiger charge is 2.80. The van der Waals surface area contributed by atoms with Crippen LogP contribution in [0.1, 0.15) is 52.4 Å². The van der Waals surface area contributed by atoms with E-state index in [0.717, 1.165) is 24.7 Å². The average molecular weight is 447 g/mol. The fourth-order valence-corrected chi connectivity index (χ4v) is 9.40. The van der Waals surface area contributed by atoms with Crippen molar-refractivity contribution in [3.8, 4) is 0 Å². The number of carbonyl (C=O) groups is 2. The Hall–Kier alpha value is -1.47. The smallest absolute Gasteiger partial charge is 0.306 e. The summed E-state index contributed by atoms with van der Waals surface area (Å²) in [5.74, 6) is 1.35. The number of hydrogen-bond donors (Lipinski definition) is 0. The second kappa shape index (κ2) is 5.90. The van der Waals surface area contributed by atoms with E-state index in [-0.39, 0.29) is 34.4 Å². The van der Waals surface area contributed by atoms with Gasteiger partial charge in [-0.1, -0.05) is 26.0 Å². The maximum Gasteiger partial charge on any atom is 0.306 e. The van der Waals surface area contributed by atoms with Gasteiger partial charge in [0.2, 0.25) is 0 Å². The van der Waals surface area contributed by atoms with Crippen molar-refractivity contribution >= 4 is 21.9 Å². The predicted molar refractivity (Wildman–Crippen MR) is 112 cm³/mol. The third-order valence-electron chi connectivity index (χ3n) is 9.85. The van der Waals surface area contributed by atoms with E-state index in [0.29, 0.717) is 43.4 Å². The second-order valence-corrected chi connectivity index (χ2v) is 12.9. The second-order valence-electron chi connectivity index (χ2n) is 11.3. The molecule has 1 spiro atoms. The number of fused-ring (bicyclic) bond motifs is 9. The number of hydrogen-bond acceptors (Lipinski definition) is 6. The van der Waals surface area contributed by atoms with E-state index >= 15 is 0 Å². The number of ketones is 1. The molecule has 6 aliphatic rings. The Balaban J connectivity index is 1.51. The summed E-state index contributed by atoms with van der Waals surface area (Å²) in [5, 5.41) is 0. The Labute approximate surface area is 183 Å². The molecule has 31 heavy (non-hydrogen) atoms. The average Bonchev–Trinajstić information content (AvgIpc) is 3.29. The molecule has 6 nitrogen and oxygen atoms in total. The largest absolute Gasteiger partial charge is 0.458 e. The van der Waals surface area contributed by atoms with E-state index in [4.69, 9.17) is 8.92 Å². The van der Waals surface area contributed by atoms with Gasteiger partial charge in [-0.15, -0.1) is 0 Å². The number of allylic oxidation sites excluding steroid dienone is 4. The zero-order valence-corrected chi connectivity index (χ0v) is 19.1. The summed E-state index contributed by atoms with van der Waals surface area (Å²) in [4.78, 5) is 24.4. The van der Waals surface area contributed by atoms with Crippen LogP contribution in [0.3, 0.4) is 0 Å². The van der Waals surface area contributed by atoms with Gasteiger partial charge in [0, 0.05) is 30.1 Å². The number of esters is 1. The highest BCUT2D eigenvalue weighted by Crippen LogP contribution is 2.78. The molecule has 3 unspecified atom stereocenters. The molecule has 0 amide bonds. The minimum absolute atomic E-state index is 0.0156. The van der Waals surface area contributed by atoms with E-state index in [2.05, 4.69) is 26.0 Å². The van der Waals surface area contributed by atoms with Crippen molar-refractivity contribution in [3.63, 3.8) is 0 Å². The standard InChI is InChI=1S/C24H30O6S/c1-22-8-6-14(25)10-13(22)4-5-15-20-16-11-17(16)24(9-7-19(26)29-24)23(20,2)12-18(21(15)22)30-31(3,27)28/h4-5,10,15-18,20-21H,6-9,11-12H2,1-3H3/t15?,16-,17+,18-,20?,21?,22+,23+,24+/m1/s1. The molecule has 0 aromatic rings. The van der Waals surface area contributed by atoms with Gasteiger partial charge in [0.15, 0.2) is 5.78 Å². The van der Waals surface area contributed by atoms with Crippen LogP contribution in [-0.4, -0.2) is 38.1 Å². The molecular formula is C24H30O6S. The van der Waals surface area contributed by atoms with Crippen molar-refractivity contribution in [2.75, 3.05) is 6.26 Å². The molecule has 1 saturated heterocycles. The fraction of sp³-hybridized carbons (Fsp3) is 0.750. The van der Waals surface area contributed by atoms with E-state index in [1.807, 2.05) is 0 Å². The zero-order valence-electron chi connectivity index (χ0n) is 18.3. The van der Waals surface area contributed by atoms with Crippen LogP contribution in [0, 0.1) is 40.4 Å². The van der Waals surface area contributed by atoms with Gasteiger partial charge < -0.3 is 4.74 Å². The molecule has 0 radical (unpaired) electrons. The Bertz CT molecular complexity index is 1060. The molecule has 4 fully saturated rings. The number of ether oxygens (including phenoxy) is 1. The van der Waals surface area contributed by atoms with Crippen LogP contribution in [0.4, 0.5) is 0 Å². The van der Waals surface area contributed by atoms with Crippen molar-refractivity contribution in [1.29, 1.82) is 0 Å². The summed E-state index contributed by atoms with van der Waals surface area (Å²) in [5.41, 5.74) is -0.0913. The lowest BCUT2D eigenvalue weighted by Gasteiger charge is -2.60. The van der Waals surface area contributed by atoms with Crippen molar-refractivity contribution in [3.05, 3.63) is 23.8 Å². The number of rotatable bonds is 2. The summed E-state index contributed by atoms with van der Waals surface area (Å²) >= 11 is 0. The van der Waals surface area contributed by atoms with Gasteiger partial charge in [-0.2, -0.15) is 8.42 Å². The molecule has 9 atom stereocenters. The minimum Gasteiger partial charge on any atom is -0.458 e. The van der Waals surface area contributed by atoms with Crippen molar-refractivity contribution in [2.45, 2.75) is 64.1 Å². The van der Waals surface area contributed by atoms with Crippen LogP contribution < -0.4 is 0 Å². The maximum absolute atomic E-state index is 12.3. The molecule has 7 heteroatoms. The summed E-state index contributed by atoms with van der Waals surface area (Å²) in [6.07, 6.45) is 10.7. The molecule has 6 rings (SSSR count). The molecular weight excluding hydrogens is 416 g/mol. The van der Waals surface area contributed by atoms with Crippen LogP contribution in [-0.2, 0) is 28.6 Å². The van der Waals surface area contributed by atoms with Crippen molar-refractivity contribution in [2.24, 2.45) is 40.4 Å². The van der Waals surface area contributed by atoms with Crippen LogP contribution in [0.2, 0.25) is 0 Å². The lowest BCUT2D eigenvalue weighted by atomic mass is 9.46. The van der Waals surface area contributed by atoms with E-state index in [1.165, 1.54) is 0 Å². The summed E-state index contributed by atoms with van der Waals surface area (Å²) < 4.78 is 36.6. The molecule has 5 aliphatic carbocycles. The predicted octanol–water partition coefficient (Wildman–Crippen LogP) is 3.18. The Morgan fingerprint density at radius 2 is 1.90 bits per heavy atom. The highest BCUT2D eigenvalue weighted by atomic mass is 32.2. The van der Waals surface area contributed by atoms with E-state index in [1.54, 1.807) is 6.08 Å². The van der Waals surface area contributed by atoms with Gasteiger partial charge in [-0.3, -0.25) is 13.8 Å². The quantitative estimate of drug-likeness (QED) is 0.478.